The van der Waals surface area contributed by atoms with E-state index >= 15 is 0 Å². The highest BCUT2D eigenvalue weighted by molar-refractivity contribution is 9.10. The lowest BCUT2D eigenvalue weighted by Gasteiger charge is -2.04. The maximum absolute atomic E-state index is 12.3. The molecule has 9 heteroatoms. The summed E-state index contributed by atoms with van der Waals surface area (Å²) in [5, 5.41) is 23.0. The molecule has 144 valence electrons. The second-order valence-corrected chi connectivity index (χ2v) is 7.08. The van der Waals surface area contributed by atoms with Gasteiger partial charge in [0.2, 0.25) is 0 Å². The molecule has 0 saturated carbocycles. The van der Waals surface area contributed by atoms with Crippen molar-refractivity contribution in [2.24, 2.45) is 0 Å². The number of nitrogens with one attached hydrogen (secondary N) is 1. The van der Waals surface area contributed by atoms with Crippen molar-refractivity contribution in [1.29, 1.82) is 5.26 Å². The lowest BCUT2D eigenvalue weighted by atomic mass is 10.1. The SMILES string of the molecule is N#CC(=Cc1ccc(-c2ccc(Cl)c([N+](=O)[O-])c2)o1)C(=O)Nc1cccc(Br)c1. The number of halogens is 2. The van der Waals surface area contributed by atoms with E-state index in [2.05, 4.69) is 21.2 Å². The van der Waals surface area contributed by atoms with E-state index in [0.717, 1.165) is 4.47 Å². The van der Waals surface area contributed by atoms with E-state index in [1.807, 2.05) is 12.1 Å². The summed E-state index contributed by atoms with van der Waals surface area (Å²) in [6.07, 6.45) is 1.29. The fraction of sp³-hybridized carbons (Fsp3) is 0. The van der Waals surface area contributed by atoms with Crippen molar-refractivity contribution in [2.75, 3.05) is 5.32 Å². The van der Waals surface area contributed by atoms with E-state index in [-0.39, 0.29) is 22.0 Å². The molecule has 0 saturated heterocycles. The summed E-state index contributed by atoms with van der Waals surface area (Å²) in [4.78, 5) is 22.8. The Labute approximate surface area is 178 Å². The Bertz CT molecular complexity index is 1180. The van der Waals surface area contributed by atoms with Gasteiger partial charge in [0.1, 0.15) is 28.2 Å². The summed E-state index contributed by atoms with van der Waals surface area (Å²) in [7, 11) is 0. The van der Waals surface area contributed by atoms with E-state index in [4.69, 9.17) is 16.0 Å². The third-order valence-electron chi connectivity index (χ3n) is 3.79. The van der Waals surface area contributed by atoms with Crippen molar-refractivity contribution in [3.63, 3.8) is 0 Å². The van der Waals surface area contributed by atoms with E-state index in [9.17, 15) is 20.2 Å². The fourth-order valence-corrected chi connectivity index (χ4v) is 3.03. The fourth-order valence-electron chi connectivity index (χ4n) is 2.45. The molecule has 2 aromatic carbocycles. The number of furan rings is 1. The highest BCUT2D eigenvalue weighted by atomic mass is 79.9. The van der Waals surface area contributed by atoms with Crippen LogP contribution in [0.1, 0.15) is 5.76 Å². The monoisotopic (exact) mass is 471 g/mol. The third-order valence-corrected chi connectivity index (χ3v) is 4.60. The molecule has 1 heterocycles. The first-order valence-electron chi connectivity index (χ1n) is 8.10. The van der Waals surface area contributed by atoms with Crippen LogP contribution in [0.2, 0.25) is 5.02 Å². The summed E-state index contributed by atoms with van der Waals surface area (Å²) < 4.78 is 6.40. The average molecular weight is 473 g/mol. The highest BCUT2D eigenvalue weighted by Gasteiger charge is 2.16. The molecule has 0 radical (unpaired) electrons. The van der Waals surface area contributed by atoms with Gasteiger partial charge < -0.3 is 9.73 Å². The van der Waals surface area contributed by atoms with Crippen LogP contribution in [-0.4, -0.2) is 10.8 Å². The molecule has 0 aliphatic carbocycles. The van der Waals surface area contributed by atoms with Gasteiger partial charge in [-0.25, -0.2) is 0 Å². The van der Waals surface area contributed by atoms with Crippen molar-refractivity contribution in [1.82, 2.24) is 0 Å². The van der Waals surface area contributed by atoms with Crippen LogP contribution in [0, 0.1) is 21.4 Å². The summed E-state index contributed by atoms with van der Waals surface area (Å²) in [5.41, 5.74) is 0.564. The maximum Gasteiger partial charge on any atom is 0.288 e. The van der Waals surface area contributed by atoms with Crippen molar-refractivity contribution < 1.29 is 14.1 Å². The molecule has 0 bridgehead atoms. The quantitative estimate of drug-likeness (QED) is 0.218. The Morgan fingerprint density at radius 2 is 2.03 bits per heavy atom. The average Bonchev–Trinajstić information content (AvgIpc) is 3.14. The van der Waals surface area contributed by atoms with Gasteiger partial charge in [-0.15, -0.1) is 0 Å². The Balaban J connectivity index is 1.84. The predicted molar refractivity (Wildman–Crippen MR) is 112 cm³/mol. The number of carbonyl (C=O) groups excluding carboxylic acids is 1. The van der Waals surface area contributed by atoms with E-state index in [1.165, 1.54) is 18.2 Å². The zero-order chi connectivity index (χ0) is 21.0. The van der Waals surface area contributed by atoms with Gasteiger partial charge in [0.25, 0.3) is 11.6 Å². The van der Waals surface area contributed by atoms with Gasteiger partial charge in [0.15, 0.2) is 0 Å². The standard InChI is InChI=1S/C20H11BrClN3O4/c21-14-2-1-3-15(10-14)24-20(26)13(11-23)8-16-5-7-19(29-16)12-4-6-17(22)18(9-12)25(27)28/h1-10H,(H,24,26). The van der Waals surface area contributed by atoms with Gasteiger partial charge in [-0.05, 0) is 42.5 Å². The first kappa shape index (κ1) is 20.3. The Hall–Kier alpha value is -3.41. The van der Waals surface area contributed by atoms with Crippen LogP contribution in [0.5, 0.6) is 0 Å². The molecule has 0 spiro atoms. The minimum atomic E-state index is -0.592. The Kier molecular flexibility index (Phi) is 6.12. The Morgan fingerprint density at radius 3 is 2.72 bits per heavy atom. The van der Waals surface area contributed by atoms with E-state index < -0.39 is 10.8 Å². The number of rotatable bonds is 5. The van der Waals surface area contributed by atoms with Gasteiger partial charge >= 0.3 is 0 Å². The largest absolute Gasteiger partial charge is 0.457 e. The van der Waals surface area contributed by atoms with Crippen LogP contribution in [0.15, 0.2) is 69.1 Å². The van der Waals surface area contributed by atoms with Crippen molar-refractivity contribution in [3.05, 3.63) is 85.5 Å². The van der Waals surface area contributed by atoms with Gasteiger partial charge in [0, 0.05) is 27.9 Å². The third kappa shape index (κ3) is 4.90. The minimum absolute atomic E-state index is 0.0152. The molecule has 0 aliphatic rings. The number of nitro groups is 1. The number of hydrogen-bond donors (Lipinski definition) is 1. The smallest absolute Gasteiger partial charge is 0.288 e. The van der Waals surface area contributed by atoms with Crippen molar-refractivity contribution in [3.8, 4) is 17.4 Å². The molecule has 0 atom stereocenters. The molecule has 3 rings (SSSR count). The molecule has 1 aromatic heterocycles. The van der Waals surface area contributed by atoms with E-state index in [0.29, 0.717) is 17.0 Å². The second kappa shape index (κ2) is 8.73. The zero-order valence-corrected chi connectivity index (χ0v) is 16.9. The number of amides is 1. The van der Waals surface area contributed by atoms with Gasteiger partial charge in [-0.3, -0.25) is 14.9 Å². The topological polar surface area (TPSA) is 109 Å². The summed E-state index contributed by atoms with van der Waals surface area (Å²) in [6, 6.07) is 16.2. The van der Waals surface area contributed by atoms with Crippen molar-refractivity contribution in [2.45, 2.75) is 0 Å². The number of carbonyl (C=O) groups is 1. The van der Waals surface area contributed by atoms with Crippen LogP contribution >= 0.6 is 27.5 Å². The molecule has 7 nitrogen and oxygen atoms in total. The number of benzene rings is 2. The van der Waals surface area contributed by atoms with Crippen LogP contribution in [0.25, 0.3) is 17.4 Å². The van der Waals surface area contributed by atoms with Gasteiger partial charge in [-0.2, -0.15) is 5.26 Å². The number of nitrogens with zero attached hydrogens (tertiary/aromatic N) is 2. The molecular formula is C20H11BrClN3O4. The van der Waals surface area contributed by atoms with Crippen LogP contribution in [-0.2, 0) is 4.79 Å². The predicted octanol–water partition coefficient (Wildman–Crippen LogP) is 5.82. The number of anilines is 1. The lowest BCUT2D eigenvalue weighted by molar-refractivity contribution is -0.384. The van der Waals surface area contributed by atoms with Crippen molar-refractivity contribution >= 4 is 50.9 Å². The van der Waals surface area contributed by atoms with Gasteiger partial charge in [0.05, 0.1) is 4.92 Å². The number of nitriles is 1. The highest BCUT2D eigenvalue weighted by Crippen LogP contribution is 2.31. The first-order valence-corrected chi connectivity index (χ1v) is 9.27. The zero-order valence-electron chi connectivity index (χ0n) is 14.6. The molecule has 3 aromatic rings. The van der Waals surface area contributed by atoms with Crippen LogP contribution in [0.4, 0.5) is 11.4 Å². The molecular weight excluding hydrogens is 462 g/mol. The summed E-state index contributed by atoms with van der Waals surface area (Å²) in [5.74, 6) is -0.00932. The van der Waals surface area contributed by atoms with Crippen LogP contribution < -0.4 is 5.32 Å². The minimum Gasteiger partial charge on any atom is -0.457 e. The first-order chi connectivity index (χ1) is 13.9. The molecule has 1 amide bonds. The Morgan fingerprint density at radius 1 is 1.24 bits per heavy atom. The summed E-state index contributed by atoms with van der Waals surface area (Å²) in [6.45, 7) is 0. The molecule has 0 fully saturated rings. The maximum atomic E-state index is 12.3. The normalized spacial score (nSPS) is 11.0. The molecule has 0 unspecified atom stereocenters. The second-order valence-electron chi connectivity index (χ2n) is 5.76. The van der Waals surface area contributed by atoms with E-state index in [1.54, 1.807) is 36.4 Å². The number of nitro benzene ring substituents is 1. The van der Waals surface area contributed by atoms with Crippen LogP contribution in [0.3, 0.4) is 0 Å². The molecule has 1 N–H and O–H groups in total. The molecule has 29 heavy (non-hydrogen) atoms. The molecule has 0 aliphatic heterocycles. The number of hydrogen-bond acceptors (Lipinski definition) is 5. The van der Waals surface area contributed by atoms with Gasteiger partial charge in [-0.1, -0.05) is 33.6 Å². The lowest BCUT2D eigenvalue weighted by Crippen LogP contribution is -2.13. The summed E-state index contributed by atoms with van der Waals surface area (Å²) >= 11 is 9.12.